The summed E-state index contributed by atoms with van der Waals surface area (Å²) in [5.74, 6) is -0.452. The first kappa shape index (κ1) is 13.5. The van der Waals surface area contributed by atoms with Crippen LogP contribution in [0.1, 0.15) is 15.9 Å². The predicted molar refractivity (Wildman–Crippen MR) is 74.6 cm³/mol. The first-order valence-electron chi connectivity index (χ1n) is 6.18. The summed E-state index contributed by atoms with van der Waals surface area (Å²) in [6, 6.07) is 21.4. The van der Waals surface area contributed by atoms with Gasteiger partial charge in [-0.15, -0.1) is 0 Å². The lowest BCUT2D eigenvalue weighted by molar-refractivity contribution is 0.0905. The van der Waals surface area contributed by atoms with Crippen LogP contribution in [0.3, 0.4) is 0 Å². The fourth-order valence-electron chi connectivity index (χ4n) is 2.02. The summed E-state index contributed by atoms with van der Waals surface area (Å²) in [6.45, 7) is 0. The Morgan fingerprint density at radius 2 is 1.40 bits per heavy atom. The van der Waals surface area contributed by atoms with Gasteiger partial charge in [0.2, 0.25) is 5.41 Å². The Kier molecular flexibility index (Phi) is 3.93. The molecule has 0 aromatic heterocycles. The van der Waals surface area contributed by atoms with Crippen LogP contribution in [0.15, 0.2) is 60.7 Å². The van der Waals surface area contributed by atoms with Gasteiger partial charge >= 0.3 is 0 Å². The number of nitriles is 2. The molecule has 0 heterocycles. The van der Waals surface area contributed by atoms with Crippen molar-refractivity contribution in [2.45, 2.75) is 6.42 Å². The van der Waals surface area contributed by atoms with Gasteiger partial charge in [-0.25, -0.2) is 0 Å². The van der Waals surface area contributed by atoms with E-state index >= 15 is 0 Å². The molecule has 20 heavy (non-hydrogen) atoms. The van der Waals surface area contributed by atoms with E-state index in [4.69, 9.17) is 0 Å². The number of carbonyl (C=O) groups is 1. The molecule has 2 aromatic rings. The summed E-state index contributed by atoms with van der Waals surface area (Å²) in [6.07, 6.45) is 0.0918. The zero-order chi connectivity index (χ0) is 14.4. The van der Waals surface area contributed by atoms with Gasteiger partial charge in [-0.1, -0.05) is 60.7 Å². The molecule has 0 radical (unpaired) electrons. The Hall–Kier alpha value is -2.91. The molecular weight excluding hydrogens is 248 g/mol. The van der Waals surface area contributed by atoms with Crippen LogP contribution in [0, 0.1) is 28.1 Å². The molecular formula is C17H12N2O. The minimum Gasteiger partial charge on any atom is -0.291 e. The Balaban J connectivity index is 2.39. The summed E-state index contributed by atoms with van der Waals surface area (Å²) in [7, 11) is 0. The lowest BCUT2D eigenvalue weighted by Gasteiger charge is -2.17. The van der Waals surface area contributed by atoms with Gasteiger partial charge in [-0.3, -0.25) is 4.79 Å². The van der Waals surface area contributed by atoms with Crippen molar-refractivity contribution in [2.75, 3.05) is 0 Å². The third-order valence-electron chi connectivity index (χ3n) is 3.12. The maximum Gasteiger partial charge on any atom is 0.209 e. The number of ketones is 1. The van der Waals surface area contributed by atoms with Gasteiger partial charge in [0.15, 0.2) is 5.78 Å². The number of hydrogen-bond donors (Lipinski definition) is 0. The summed E-state index contributed by atoms with van der Waals surface area (Å²) < 4.78 is 0. The molecule has 0 saturated carbocycles. The number of Topliss-reactive ketones (excluding diaryl/α,β-unsaturated/α-hetero) is 1. The Labute approximate surface area is 117 Å². The van der Waals surface area contributed by atoms with Gasteiger partial charge in [-0.05, 0) is 5.56 Å². The van der Waals surface area contributed by atoms with Crippen LogP contribution in [-0.4, -0.2) is 5.78 Å². The molecule has 3 nitrogen and oxygen atoms in total. The van der Waals surface area contributed by atoms with E-state index in [1.165, 1.54) is 0 Å². The largest absolute Gasteiger partial charge is 0.291 e. The molecule has 96 valence electrons. The fraction of sp³-hybridized carbons (Fsp3) is 0.118. The SMILES string of the molecule is N#CC(C#N)(Cc1ccccc1)C(=O)c1ccccc1. The molecule has 2 rings (SSSR count). The molecule has 0 amide bonds. The zero-order valence-electron chi connectivity index (χ0n) is 10.8. The number of carbonyl (C=O) groups excluding carboxylic acids is 1. The van der Waals surface area contributed by atoms with Crippen molar-refractivity contribution in [3.05, 3.63) is 71.8 Å². The molecule has 0 aliphatic carbocycles. The molecule has 0 bridgehead atoms. The van der Waals surface area contributed by atoms with Gasteiger partial charge in [0.25, 0.3) is 0 Å². The van der Waals surface area contributed by atoms with E-state index in [0.717, 1.165) is 5.56 Å². The standard InChI is InChI=1S/C17H12N2O/c18-12-17(13-19,11-14-7-3-1-4-8-14)16(20)15-9-5-2-6-10-15/h1-10H,11H2. The van der Waals surface area contributed by atoms with E-state index < -0.39 is 11.2 Å². The molecule has 0 saturated heterocycles. The lowest BCUT2D eigenvalue weighted by atomic mass is 9.78. The van der Waals surface area contributed by atoms with Crippen LogP contribution in [0.2, 0.25) is 0 Å². The van der Waals surface area contributed by atoms with Crippen molar-refractivity contribution in [3.8, 4) is 12.1 Å². The highest BCUT2D eigenvalue weighted by molar-refractivity contribution is 6.04. The third-order valence-corrected chi connectivity index (χ3v) is 3.12. The van der Waals surface area contributed by atoms with E-state index in [1.807, 2.05) is 42.5 Å². The second-order valence-corrected chi connectivity index (χ2v) is 4.49. The molecule has 0 atom stereocenters. The molecule has 0 fully saturated rings. The Morgan fingerprint density at radius 3 is 1.90 bits per heavy atom. The summed E-state index contributed by atoms with van der Waals surface area (Å²) in [4.78, 5) is 12.5. The van der Waals surface area contributed by atoms with Crippen molar-refractivity contribution in [3.63, 3.8) is 0 Å². The number of hydrogen-bond acceptors (Lipinski definition) is 3. The minimum absolute atomic E-state index is 0.0918. The van der Waals surface area contributed by atoms with Crippen LogP contribution < -0.4 is 0 Å². The average molecular weight is 260 g/mol. The Morgan fingerprint density at radius 1 is 0.900 bits per heavy atom. The van der Waals surface area contributed by atoms with Crippen molar-refractivity contribution in [1.29, 1.82) is 10.5 Å². The van der Waals surface area contributed by atoms with Gasteiger partial charge in [0.05, 0.1) is 12.1 Å². The minimum atomic E-state index is -1.68. The normalized spacial score (nSPS) is 10.3. The third kappa shape index (κ3) is 2.58. The number of benzene rings is 2. The first-order chi connectivity index (χ1) is 9.72. The van der Waals surface area contributed by atoms with Crippen LogP contribution in [0.5, 0.6) is 0 Å². The van der Waals surface area contributed by atoms with Crippen LogP contribution in [0.4, 0.5) is 0 Å². The van der Waals surface area contributed by atoms with Crippen LogP contribution in [0.25, 0.3) is 0 Å². The molecule has 0 aliphatic heterocycles. The second kappa shape index (κ2) is 5.82. The monoisotopic (exact) mass is 260 g/mol. The van der Waals surface area contributed by atoms with E-state index in [9.17, 15) is 15.3 Å². The van der Waals surface area contributed by atoms with Gasteiger partial charge in [0.1, 0.15) is 0 Å². The molecule has 0 unspecified atom stereocenters. The number of nitrogens with zero attached hydrogens (tertiary/aromatic N) is 2. The van der Waals surface area contributed by atoms with Crippen LogP contribution >= 0.6 is 0 Å². The van der Waals surface area contributed by atoms with E-state index in [-0.39, 0.29) is 6.42 Å². The van der Waals surface area contributed by atoms with Gasteiger partial charge in [-0.2, -0.15) is 10.5 Å². The summed E-state index contributed by atoms with van der Waals surface area (Å²) in [5.41, 5.74) is -0.505. The van der Waals surface area contributed by atoms with Crippen LogP contribution in [-0.2, 0) is 6.42 Å². The molecule has 2 aromatic carbocycles. The van der Waals surface area contributed by atoms with E-state index in [2.05, 4.69) is 0 Å². The highest BCUT2D eigenvalue weighted by Crippen LogP contribution is 2.26. The topological polar surface area (TPSA) is 64.7 Å². The van der Waals surface area contributed by atoms with E-state index in [0.29, 0.717) is 5.56 Å². The quantitative estimate of drug-likeness (QED) is 0.793. The van der Waals surface area contributed by atoms with Crippen molar-refractivity contribution >= 4 is 5.78 Å². The van der Waals surface area contributed by atoms with Crippen molar-refractivity contribution in [2.24, 2.45) is 5.41 Å². The lowest BCUT2D eigenvalue weighted by Crippen LogP contribution is -2.30. The molecule has 3 heteroatoms. The van der Waals surface area contributed by atoms with Gasteiger partial charge in [0, 0.05) is 12.0 Å². The zero-order valence-corrected chi connectivity index (χ0v) is 10.8. The Bertz CT molecular complexity index is 664. The number of rotatable bonds is 4. The predicted octanol–water partition coefficient (Wildman–Crippen LogP) is 3.15. The van der Waals surface area contributed by atoms with Crippen molar-refractivity contribution < 1.29 is 4.79 Å². The maximum atomic E-state index is 12.5. The van der Waals surface area contributed by atoms with E-state index in [1.54, 1.807) is 30.3 Å². The fourth-order valence-corrected chi connectivity index (χ4v) is 2.02. The van der Waals surface area contributed by atoms with Crippen molar-refractivity contribution in [1.82, 2.24) is 0 Å². The first-order valence-corrected chi connectivity index (χ1v) is 6.18. The smallest absolute Gasteiger partial charge is 0.209 e. The molecule has 0 spiro atoms. The highest BCUT2D eigenvalue weighted by Gasteiger charge is 2.39. The second-order valence-electron chi connectivity index (χ2n) is 4.49. The molecule has 0 aliphatic rings. The average Bonchev–Trinajstić information content (AvgIpc) is 2.54. The summed E-state index contributed by atoms with van der Waals surface area (Å²) >= 11 is 0. The molecule has 0 N–H and O–H groups in total. The highest BCUT2D eigenvalue weighted by atomic mass is 16.1. The van der Waals surface area contributed by atoms with Gasteiger partial charge < -0.3 is 0 Å². The maximum absolute atomic E-state index is 12.5. The summed E-state index contributed by atoms with van der Waals surface area (Å²) in [5, 5.41) is 18.8.